The van der Waals surface area contributed by atoms with Crippen LogP contribution in [0.5, 0.6) is 0 Å². The molecule has 0 saturated heterocycles. The number of hydrogen-bond donors (Lipinski definition) is 0. The van der Waals surface area contributed by atoms with Gasteiger partial charge in [-0.2, -0.15) is 0 Å². The van der Waals surface area contributed by atoms with Gasteiger partial charge < -0.3 is 0 Å². The fourth-order valence-corrected chi connectivity index (χ4v) is 2.87. The van der Waals surface area contributed by atoms with Gasteiger partial charge in [0.15, 0.2) is 0 Å². The molecule has 0 nitrogen and oxygen atoms in total. The van der Waals surface area contributed by atoms with E-state index < -0.39 is 0 Å². The average molecular weight is 317 g/mol. The number of aryl methyl sites for hydroxylation is 2. The summed E-state index contributed by atoms with van der Waals surface area (Å²) in [5, 5.41) is 1.05. The van der Waals surface area contributed by atoms with Crippen molar-refractivity contribution in [3.63, 3.8) is 0 Å². The van der Waals surface area contributed by atoms with Gasteiger partial charge in [0, 0.05) is 5.33 Å². The standard InChI is InChI=1S/C18H21Br/c1-14-6-8-16(9-7-14)11-18(13-19)12-17-5-3-4-15(2)10-17/h3-10,18H,11-13H2,1-2H3. The number of hydrogen-bond acceptors (Lipinski definition) is 0. The fourth-order valence-electron chi connectivity index (χ4n) is 2.41. The number of benzene rings is 2. The van der Waals surface area contributed by atoms with Crippen LogP contribution in [0, 0.1) is 19.8 Å². The summed E-state index contributed by atoms with van der Waals surface area (Å²) in [6.07, 6.45) is 2.28. The highest BCUT2D eigenvalue weighted by Gasteiger charge is 2.09. The summed E-state index contributed by atoms with van der Waals surface area (Å²) in [6, 6.07) is 17.8. The monoisotopic (exact) mass is 316 g/mol. The maximum atomic E-state index is 3.66. The third-order valence-corrected chi connectivity index (χ3v) is 4.39. The van der Waals surface area contributed by atoms with Gasteiger partial charge in [-0.05, 0) is 43.7 Å². The van der Waals surface area contributed by atoms with Gasteiger partial charge >= 0.3 is 0 Å². The maximum Gasteiger partial charge on any atom is 0.00660 e. The molecule has 1 heteroatoms. The molecule has 0 heterocycles. The minimum Gasteiger partial charge on any atom is -0.0925 e. The zero-order valence-corrected chi connectivity index (χ0v) is 13.3. The van der Waals surface area contributed by atoms with Crippen LogP contribution >= 0.6 is 15.9 Å². The van der Waals surface area contributed by atoms with Crippen LogP contribution in [0.15, 0.2) is 48.5 Å². The lowest BCUT2D eigenvalue weighted by Gasteiger charge is -2.15. The van der Waals surface area contributed by atoms with Gasteiger partial charge in [-0.1, -0.05) is 75.6 Å². The summed E-state index contributed by atoms with van der Waals surface area (Å²) >= 11 is 3.66. The minimum absolute atomic E-state index is 0.657. The van der Waals surface area contributed by atoms with Crippen molar-refractivity contribution < 1.29 is 0 Å². The van der Waals surface area contributed by atoms with Gasteiger partial charge in [0.1, 0.15) is 0 Å². The van der Waals surface area contributed by atoms with E-state index in [1.807, 2.05) is 0 Å². The average Bonchev–Trinajstić information content (AvgIpc) is 2.40. The molecule has 0 spiro atoms. The summed E-state index contributed by atoms with van der Waals surface area (Å²) < 4.78 is 0. The molecule has 0 saturated carbocycles. The summed E-state index contributed by atoms with van der Waals surface area (Å²) in [5.74, 6) is 0.657. The van der Waals surface area contributed by atoms with Crippen molar-refractivity contribution >= 4 is 15.9 Å². The predicted octanol–water partition coefficient (Wildman–Crippen LogP) is 5.10. The molecular weight excluding hydrogens is 296 g/mol. The number of halogens is 1. The zero-order valence-electron chi connectivity index (χ0n) is 11.7. The Morgan fingerprint density at radius 2 is 1.53 bits per heavy atom. The molecule has 2 aromatic carbocycles. The SMILES string of the molecule is Cc1ccc(CC(CBr)Cc2cccc(C)c2)cc1. The number of alkyl halides is 1. The molecule has 0 radical (unpaired) electrons. The topological polar surface area (TPSA) is 0 Å². The highest BCUT2D eigenvalue weighted by atomic mass is 79.9. The van der Waals surface area contributed by atoms with Crippen LogP contribution in [-0.4, -0.2) is 5.33 Å². The van der Waals surface area contributed by atoms with E-state index in [1.165, 1.54) is 22.3 Å². The molecule has 1 unspecified atom stereocenters. The Bertz CT molecular complexity index is 513. The molecular formula is C18H21Br. The second-order valence-electron chi connectivity index (χ2n) is 5.40. The molecule has 0 aromatic heterocycles. The molecule has 100 valence electrons. The van der Waals surface area contributed by atoms with Crippen LogP contribution in [0.4, 0.5) is 0 Å². The second-order valence-corrected chi connectivity index (χ2v) is 6.05. The summed E-state index contributed by atoms with van der Waals surface area (Å²) in [6.45, 7) is 4.30. The Morgan fingerprint density at radius 1 is 0.842 bits per heavy atom. The highest BCUT2D eigenvalue weighted by Crippen LogP contribution is 2.18. The van der Waals surface area contributed by atoms with Crippen LogP contribution in [-0.2, 0) is 12.8 Å². The first kappa shape index (κ1) is 14.3. The van der Waals surface area contributed by atoms with Gasteiger partial charge in [0.2, 0.25) is 0 Å². The van der Waals surface area contributed by atoms with Gasteiger partial charge in [0.05, 0.1) is 0 Å². The molecule has 0 N–H and O–H groups in total. The van der Waals surface area contributed by atoms with Crippen LogP contribution in [0.1, 0.15) is 22.3 Å². The molecule has 0 aliphatic heterocycles. The van der Waals surface area contributed by atoms with Crippen LogP contribution in [0.25, 0.3) is 0 Å². The van der Waals surface area contributed by atoms with Gasteiger partial charge in [-0.3, -0.25) is 0 Å². The van der Waals surface area contributed by atoms with E-state index in [4.69, 9.17) is 0 Å². The number of rotatable bonds is 5. The Morgan fingerprint density at radius 3 is 2.16 bits per heavy atom. The van der Waals surface area contributed by atoms with E-state index in [9.17, 15) is 0 Å². The normalized spacial score (nSPS) is 12.4. The molecule has 0 amide bonds. The predicted molar refractivity (Wildman–Crippen MR) is 87.1 cm³/mol. The van der Waals surface area contributed by atoms with Crippen molar-refractivity contribution in [2.45, 2.75) is 26.7 Å². The van der Waals surface area contributed by atoms with Crippen molar-refractivity contribution in [3.05, 3.63) is 70.8 Å². The van der Waals surface area contributed by atoms with Crippen molar-refractivity contribution in [2.75, 3.05) is 5.33 Å². The van der Waals surface area contributed by atoms with Crippen LogP contribution < -0.4 is 0 Å². The van der Waals surface area contributed by atoms with E-state index in [0.717, 1.165) is 18.2 Å². The second kappa shape index (κ2) is 6.91. The molecule has 2 aromatic rings. The van der Waals surface area contributed by atoms with Gasteiger partial charge in [-0.15, -0.1) is 0 Å². The van der Waals surface area contributed by atoms with E-state index in [1.54, 1.807) is 0 Å². The van der Waals surface area contributed by atoms with Crippen molar-refractivity contribution in [3.8, 4) is 0 Å². The highest BCUT2D eigenvalue weighted by molar-refractivity contribution is 9.09. The Kier molecular flexibility index (Phi) is 5.21. The molecule has 0 aliphatic carbocycles. The van der Waals surface area contributed by atoms with E-state index in [-0.39, 0.29) is 0 Å². The largest absolute Gasteiger partial charge is 0.0925 e. The van der Waals surface area contributed by atoms with Crippen molar-refractivity contribution in [1.82, 2.24) is 0 Å². The smallest absolute Gasteiger partial charge is 0.00660 e. The lowest BCUT2D eigenvalue weighted by molar-refractivity contribution is 0.591. The van der Waals surface area contributed by atoms with Crippen molar-refractivity contribution in [2.24, 2.45) is 5.92 Å². The first-order valence-corrected chi connectivity index (χ1v) is 7.96. The Balaban J connectivity index is 2.02. The van der Waals surface area contributed by atoms with E-state index in [0.29, 0.717) is 5.92 Å². The van der Waals surface area contributed by atoms with Gasteiger partial charge in [0.25, 0.3) is 0 Å². The lowest BCUT2D eigenvalue weighted by atomic mass is 9.93. The van der Waals surface area contributed by atoms with Gasteiger partial charge in [-0.25, -0.2) is 0 Å². The molecule has 0 aliphatic rings. The Labute approximate surface area is 125 Å². The molecule has 2 rings (SSSR count). The summed E-state index contributed by atoms with van der Waals surface area (Å²) in [5.41, 5.74) is 5.55. The quantitative estimate of drug-likeness (QED) is 0.673. The maximum absolute atomic E-state index is 3.66. The third-order valence-electron chi connectivity index (χ3n) is 3.47. The molecule has 19 heavy (non-hydrogen) atoms. The molecule has 0 fully saturated rings. The minimum atomic E-state index is 0.657. The fraction of sp³-hybridized carbons (Fsp3) is 0.333. The summed E-state index contributed by atoms with van der Waals surface area (Å²) in [7, 11) is 0. The summed E-state index contributed by atoms with van der Waals surface area (Å²) in [4.78, 5) is 0. The van der Waals surface area contributed by atoms with Crippen LogP contribution in [0.3, 0.4) is 0 Å². The molecule has 0 bridgehead atoms. The van der Waals surface area contributed by atoms with Crippen molar-refractivity contribution in [1.29, 1.82) is 0 Å². The van der Waals surface area contributed by atoms with Crippen LogP contribution in [0.2, 0.25) is 0 Å². The molecule has 1 atom stereocenters. The third kappa shape index (κ3) is 4.50. The van der Waals surface area contributed by atoms with E-state index >= 15 is 0 Å². The van der Waals surface area contributed by atoms with E-state index in [2.05, 4.69) is 78.3 Å². The Hall–Kier alpha value is -1.08. The lowest BCUT2D eigenvalue weighted by Crippen LogP contribution is -2.10. The first-order valence-electron chi connectivity index (χ1n) is 6.84. The zero-order chi connectivity index (χ0) is 13.7. The first-order chi connectivity index (χ1) is 9.17.